The third-order valence-corrected chi connectivity index (χ3v) is 4.11. The summed E-state index contributed by atoms with van der Waals surface area (Å²) in [7, 11) is -4.85. The van der Waals surface area contributed by atoms with Gasteiger partial charge in [0, 0.05) is 6.42 Å². The van der Waals surface area contributed by atoms with E-state index in [0.29, 0.717) is 0 Å². The van der Waals surface area contributed by atoms with Gasteiger partial charge in [0.05, 0.1) is 6.61 Å². The monoisotopic (exact) mass is 288 g/mol. The van der Waals surface area contributed by atoms with Crippen molar-refractivity contribution in [2.75, 3.05) is 6.61 Å². The van der Waals surface area contributed by atoms with E-state index in [1.807, 2.05) is 0 Å². The standard InChI is InChI=1S/C12H17O6P/c1-3-12(19(14,15)16,11(13)17-4-2)18-10-8-6-5-7-9-10/h5-9H,3-4H2,1-2H3,(H2,14,15,16). The Bertz CT molecular complexity index is 468. The molecule has 0 radical (unpaired) electrons. The summed E-state index contributed by atoms with van der Waals surface area (Å²) in [5.74, 6) is -0.865. The van der Waals surface area contributed by atoms with Gasteiger partial charge in [-0.05, 0) is 19.1 Å². The molecule has 0 fully saturated rings. The minimum atomic E-state index is -4.85. The smallest absolute Gasteiger partial charge is 0.380 e. The van der Waals surface area contributed by atoms with Gasteiger partial charge in [0.1, 0.15) is 5.75 Å². The van der Waals surface area contributed by atoms with Crippen LogP contribution in [-0.4, -0.2) is 27.7 Å². The summed E-state index contributed by atoms with van der Waals surface area (Å²) < 4.78 is 21.7. The highest BCUT2D eigenvalue weighted by Crippen LogP contribution is 2.53. The van der Waals surface area contributed by atoms with Crippen molar-refractivity contribution in [3.63, 3.8) is 0 Å². The Morgan fingerprint density at radius 3 is 2.26 bits per heavy atom. The van der Waals surface area contributed by atoms with E-state index in [-0.39, 0.29) is 18.8 Å². The molecule has 1 aromatic rings. The summed E-state index contributed by atoms with van der Waals surface area (Å²) in [6.45, 7) is 3.03. The van der Waals surface area contributed by atoms with Gasteiger partial charge >= 0.3 is 18.9 Å². The zero-order valence-corrected chi connectivity index (χ0v) is 11.7. The zero-order valence-electron chi connectivity index (χ0n) is 10.8. The number of carbonyl (C=O) groups is 1. The molecule has 1 rings (SSSR count). The maximum Gasteiger partial charge on any atom is 0.380 e. The molecule has 0 aliphatic heterocycles. The largest absolute Gasteiger partial charge is 0.463 e. The molecule has 7 heteroatoms. The van der Waals surface area contributed by atoms with Crippen LogP contribution in [0.15, 0.2) is 30.3 Å². The Morgan fingerprint density at radius 2 is 1.84 bits per heavy atom. The van der Waals surface area contributed by atoms with Crippen molar-refractivity contribution in [3.8, 4) is 5.75 Å². The number of hydrogen-bond donors (Lipinski definition) is 2. The number of rotatable bonds is 6. The molecule has 0 spiro atoms. The molecule has 0 saturated carbocycles. The topological polar surface area (TPSA) is 93.1 Å². The molecule has 1 atom stereocenters. The Kier molecular flexibility index (Phi) is 5.11. The molecular formula is C12H17O6P. The van der Waals surface area contributed by atoms with Crippen molar-refractivity contribution in [3.05, 3.63) is 30.3 Å². The maximum absolute atomic E-state index is 11.9. The van der Waals surface area contributed by atoms with Crippen LogP contribution >= 0.6 is 7.60 Å². The van der Waals surface area contributed by atoms with E-state index in [1.54, 1.807) is 25.1 Å². The maximum atomic E-state index is 11.9. The van der Waals surface area contributed by atoms with Crippen molar-refractivity contribution in [1.82, 2.24) is 0 Å². The van der Waals surface area contributed by atoms with Crippen molar-refractivity contribution >= 4 is 13.6 Å². The van der Waals surface area contributed by atoms with Crippen LogP contribution < -0.4 is 4.74 Å². The van der Waals surface area contributed by atoms with Gasteiger partial charge in [0.2, 0.25) is 0 Å². The van der Waals surface area contributed by atoms with E-state index in [2.05, 4.69) is 0 Å². The normalized spacial score (nSPS) is 14.5. The molecule has 19 heavy (non-hydrogen) atoms. The highest BCUT2D eigenvalue weighted by molar-refractivity contribution is 7.54. The summed E-state index contributed by atoms with van der Waals surface area (Å²) in [4.78, 5) is 30.9. The lowest BCUT2D eigenvalue weighted by Gasteiger charge is -2.31. The summed E-state index contributed by atoms with van der Waals surface area (Å²) in [5.41, 5.74) is 0. The van der Waals surface area contributed by atoms with E-state index in [9.17, 15) is 19.1 Å². The lowest BCUT2D eigenvalue weighted by molar-refractivity contribution is -0.156. The summed E-state index contributed by atoms with van der Waals surface area (Å²) >= 11 is 0. The van der Waals surface area contributed by atoms with Crippen molar-refractivity contribution in [2.24, 2.45) is 0 Å². The van der Waals surface area contributed by atoms with Crippen LogP contribution in [0.2, 0.25) is 0 Å². The number of esters is 1. The van der Waals surface area contributed by atoms with Crippen LogP contribution in [0.25, 0.3) is 0 Å². The minimum absolute atomic E-state index is 0.0126. The average Bonchev–Trinajstić information content (AvgIpc) is 2.36. The molecule has 2 N–H and O–H groups in total. The van der Waals surface area contributed by atoms with E-state index in [4.69, 9.17) is 9.47 Å². The third kappa shape index (κ3) is 3.35. The first-order valence-corrected chi connectivity index (χ1v) is 7.45. The Labute approximate surface area is 111 Å². The number of carbonyl (C=O) groups excluding carboxylic acids is 1. The molecule has 106 valence electrons. The first-order valence-electron chi connectivity index (χ1n) is 5.84. The molecule has 0 bridgehead atoms. The fraction of sp³-hybridized carbons (Fsp3) is 0.417. The summed E-state index contributed by atoms with van der Waals surface area (Å²) in [5, 5.41) is -2.30. The number of para-hydroxylation sites is 1. The van der Waals surface area contributed by atoms with E-state index < -0.39 is 18.9 Å². The first-order chi connectivity index (χ1) is 8.87. The van der Waals surface area contributed by atoms with Crippen LogP contribution in [0.1, 0.15) is 20.3 Å². The van der Waals surface area contributed by atoms with Crippen LogP contribution in [0.4, 0.5) is 0 Å². The SMILES string of the molecule is CCOC(=O)C(CC)(Oc1ccccc1)P(=O)(O)O. The lowest BCUT2D eigenvalue weighted by atomic mass is 10.2. The van der Waals surface area contributed by atoms with E-state index >= 15 is 0 Å². The Balaban J connectivity index is 3.18. The second-order valence-electron chi connectivity index (χ2n) is 3.82. The van der Waals surface area contributed by atoms with E-state index in [0.717, 1.165) is 0 Å². The van der Waals surface area contributed by atoms with Gasteiger partial charge in [-0.2, -0.15) is 0 Å². The highest BCUT2D eigenvalue weighted by atomic mass is 31.2. The van der Waals surface area contributed by atoms with Crippen molar-refractivity contribution in [1.29, 1.82) is 0 Å². The molecule has 0 aliphatic rings. The van der Waals surface area contributed by atoms with Crippen LogP contribution in [-0.2, 0) is 14.1 Å². The van der Waals surface area contributed by atoms with Crippen molar-refractivity contribution < 1.29 is 28.6 Å². The molecule has 0 saturated heterocycles. The van der Waals surface area contributed by atoms with E-state index in [1.165, 1.54) is 19.1 Å². The fourth-order valence-electron chi connectivity index (χ4n) is 1.57. The van der Waals surface area contributed by atoms with Crippen LogP contribution in [0.5, 0.6) is 5.75 Å². The van der Waals surface area contributed by atoms with Gasteiger partial charge in [-0.3, -0.25) is 4.57 Å². The minimum Gasteiger partial charge on any atom is -0.463 e. The second kappa shape index (κ2) is 6.19. The molecule has 0 aliphatic carbocycles. The zero-order chi connectivity index (χ0) is 14.5. The molecule has 0 amide bonds. The van der Waals surface area contributed by atoms with Gasteiger partial charge < -0.3 is 19.3 Å². The van der Waals surface area contributed by atoms with Crippen molar-refractivity contribution in [2.45, 2.75) is 25.6 Å². The number of ether oxygens (including phenoxy) is 2. The van der Waals surface area contributed by atoms with Gasteiger partial charge in [-0.15, -0.1) is 0 Å². The van der Waals surface area contributed by atoms with Gasteiger partial charge in [0.15, 0.2) is 0 Å². The molecule has 1 unspecified atom stereocenters. The third-order valence-electron chi connectivity index (χ3n) is 2.57. The summed E-state index contributed by atoms with van der Waals surface area (Å²) in [6.07, 6.45) is -0.203. The lowest BCUT2D eigenvalue weighted by Crippen LogP contribution is -2.45. The van der Waals surface area contributed by atoms with Gasteiger partial charge in [-0.25, -0.2) is 4.79 Å². The molecular weight excluding hydrogens is 271 g/mol. The predicted molar refractivity (Wildman–Crippen MR) is 68.8 cm³/mol. The summed E-state index contributed by atoms with van der Waals surface area (Å²) in [6, 6.07) is 8.03. The quantitative estimate of drug-likeness (QED) is 0.613. The average molecular weight is 288 g/mol. The Hall–Kier alpha value is -1.36. The molecule has 0 heterocycles. The molecule has 1 aromatic carbocycles. The predicted octanol–water partition coefficient (Wildman–Crippen LogP) is 1.91. The Morgan fingerprint density at radius 1 is 1.26 bits per heavy atom. The van der Waals surface area contributed by atoms with Crippen LogP contribution in [0, 0.1) is 0 Å². The first kappa shape index (κ1) is 15.7. The van der Waals surface area contributed by atoms with Gasteiger partial charge in [0.25, 0.3) is 0 Å². The second-order valence-corrected chi connectivity index (χ2v) is 5.63. The van der Waals surface area contributed by atoms with Gasteiger partial charge in [-0.1, -0.05) is 25.1 Å². The fourth-order valence-corrected chi connectivity index (χ4v) is 2.51. The molecule has 0 aromatic heterocycles. The number of benzene rings is 1. The number of hydrogen-bond acceptors (Lipinski definition) is 4. The molecule has 6 nitrogen and oxygen atoms in total. The highest BCUT2D eigenvalue weighted by Gasteiger charge is 2.56. The van der Waals surface area contributed by atoms with Crippen LogP contribution in [0.3, 0.4) is 0 Å².